The highest BCUT2D eigenvalue weighted by atomic mass is 15.0. The quantitative estimate of drug-likeness (QED) is 0.167. The molecule has 2 heterocycles. The van der Waals surface area contributed by atoms with Gasteiger partial charge in [-0.3, -0.25) is 0 Å². The summed E-state index contributed by atoms with van der Waals surface area (Å²) in [6, 6.07) is 101. The molecule has 2 heteroatoms. The molecule has 350 valence electrons. The van der Waals surface area contributed by atoms with Gasteiger partial charge in [0.2, 0.25) is 0 Å². The second-order valence-electron chi connectivity index (χ2n) is 21.4. The highest BCUT2D eigenvalue weighted by Crippen LogP contribution is 2.65. The van der Waals surface area contributed by atoms with Crippen LogP contribution in [0.1, 0.15) is 44.5 Å². The molecule has 4 aliphatic rings. The van der Waals surface area contributed by atoms with Crippen molar-refractivity contribution < 1.29 is 0 Å². The topological polar surface area (TPSA) is 9.86 Å². The number of rotatable bonds is 3. The SMILES string of the molecule is c1ccc2c(c1)-c1ccccc1C21c2ccccc2-c2ccc(-n3c4ccccc4c4cc(-c5ccc6c(c5)c5ccccc5n6-c5ccc6c(c5)C5(c7ccccc7-c7ccccc75)c5ccccc5-6)ccc43)cc21. The maximum atomic E-state index is 2.50. The molecule has 0 N–H and O–H groups in total. The first-order valence-electron chi connectivity index (χ1n) is 26.7. The van der Waals surface area contributed by atoms with Crippen LogP contribution in [0.4, 0.5) is 0 Å². The zero-order valence-corrected chi connectivity index (χ0v) is 41.3. The number of benzene rings is 12. The van der Waals surface area contributed by atoms with Gasteiger partial charge in [0.05, 0.1) is 32.9 Å². The van der Waals surface area contributed by atoms with Crippen LogP contribution >= 0.6 is 0 Å². The number of hydrogen-bond acceptors (Lipinski definition) is 0. The molecular formula is C74H44N2. The number of fused-ring (bicyclic) bond motifs is 26. The average Bonchev–Trinajstić information content (AvgIpc) is 4.50. The minimum atomic E-state index is -0.411. The van der Waals surface area contributed by atoms with Crippen LogP contribution in [0.2, 0.25) is 0 Å². The lowest BCUT2D eigenvalue weighted by Gasteiger charge is -2.30. The lowest BCUT2D eigenvalue weighted by atomic mass is 9.70. The van der Waals surface area contributed by atoms with Gasteiger partial charge in [-0.2, -0.15) is 0 Å². The molecule has 76 heavy (non-hydrogen) atoms. The van der Waals surface area contributed by atoms with Crippen LogP contribution in [-0.2, 0) is 10.8 Å². The minimum absolute atomic E-state index is 0.411. The summed E-state index contributed by atoms with van der Waals surface area (Å²) in [6.07, 6.45) is 0. The fraction of sp³-hybridized carbons (Fsp3) is 0.0270. The summed E-state index contributed by atoms with van der Waals surface area (Å²) in [7, 11) is 0. The van der Waals surface area contributed by atoms with Gasteiger partial charge in [0.25, 0.3) is 0 Å². The van der Waals surface area contributed by atoms with Gasteiger partial charge in [0.15, 0.2) is 0 Å². The highest BCUT2D eigenvalue weighted by molar-refractivity contribution is 6.13. The fourth-order valence-corrected chi connectivity index (χ4v) is 15.3. The molecule has 4 aliphatic carbocycles. The van der Waals surface area contributed by atoms with Gasteiger partial charge in [0, 0.05) is 32.9 Å². The molecule has 18 rings (SSSR count). The van der Waals surface area contributed by atoms with Crippen molar-refractivity contribution in [2.75, 3.05) is 0 Å². The van der Waals surface area contributed by atoms with Gasteiger partial charge in [-0.15, -0.1) is 0 Å². The van der Waals surface area contributed by atoms with E-state index in [-0.39, 0.29) is 0 Å². The number of nitrogens with zero attached hydrogens (tertiary/aromatic N) is 2. The summed E-state index contributed by atoms with van der Waals surface area (Å²) in [4.78, 5) is 0. The minimum Gasteiger partial charge on any atom is -0.309 e. The second kappa shape index (κ2) is 14.5. The predicted octanol–water partition coefficient (Wildman–Crippen LogP) is 18.2. The summed E-state index contributed by atoms with van der Waals surface area (Å²) >= 11 is 0. The van der Waals surface area contributed by atoms with Crippen molar-refractivity contribution in [1.29, 1.82) is 0 Å². The van der Waals surface area contributed by atoms with Crippen molar-refractivity contribution in [1.82, 2.24) is 9.13 Å². The van der Waals surface area contributed by atoms with Crippen LogP contribution in [0.5, 0.6) is 0 Å². The van der Waals surface area contributed by atoms with Crippen LogP contribution in [0, 0.1) is 0 Å². The zero-order chi connectivity index (χ0) is 49.4. The van der Waals surface area contributed by atoms with Crippen molar-refractivity contribution in [2.24, 2.45) is 0 Å². The number of hydrogen-bond donors (Lipinski definition) is 0. The summed E-state index contributed by atoms with van der Waals surface area (Å²) in [5.41, 5.74) is 30.1. The van der Waals surface area contributed by atoms with E-state index >= 15 is 0 Å². The standard InChI is InChI=1S/C74H44N2/c1-9-25-61-49(17-1)50-18-2-10-26-62(50)73(61)65-29-13-5-21-53(65)55-37-35-47(43-67(55)73)75-69-31-15-7-23-57(69)59-41-45(33-39-71(59)75)46-34-40-72-60(42-46)58-24-8-16-32-70(58)76(72)48-36-38-56-54-22-6-14-30-66(54)74(68(56)44-48)63-27-11-3-19-51(63)52-20-4-12-28-64(52)74/h1-44H. The molecule has 0 amide bonds. The molecule has 0 radical (unpaired) electrons. The van der Waals surface area contributed by atoms with Crippen LogP contribution in [0.3, 0.4) is 0 Å². The van der Waals surface area contributed by atoms with E-state index in [1.54, 1.807) is 0 Å². The average molecular weight is 961 g/mol. The Morgan fingerprint density at radius 3 is 0.816 bits per heavy atom. The first kappa shape index (κ1) is 40.7. The third-order valence-corrected chi connectivity index (χ3v) is 18.2. The Hall–Kier alpha value is -9.76. The Morgan fingerprint density at radius 2 is 0.474 bits per heavy atom. The summed E-state index contributed by atoms with van der Waals surface area (Å²) in [5.74, 6) is 0. The van der Waals surface area contributed by atoms with Gasteiger partial charge >= 0.3 is 0 Å². The van der Waals surface area contributed by atoms with Gasteiger partial charge in [0.1, 0.15) is 0 Å². The highest BCUT2D eigenvalue weighted by Gasteiger charge is 2.53. The molecule has 0 atom stereocenters. The van der Waals surface area contributed by atoms with Gasteiger partial charge in [-0.1, -0.05) is 206 Å². The van der Waals surface area contributed by atoms with E-state index in [0.29, 0.717) is 0 Å². The third-order valence-electron chi connectivity index (χ3n) is 18.2. The Bertz CT molecular complexity index is 4460. The number of para-hydroxylation sites is 2. The smallest absolute Gasteiger partial charge is 0.0726 e. The zero-order valence-electron chi connectivity index (χ0n) is 41.3. The molecule has 2 aromatic heterocycles. The molecule has 0 unspecified atom stereocenters. The monoisotopic (exact) mass is 960 g/mol. The van der Waals surface area contributed by atoms with Gasteiger partial charge < -0.3 is 9.13 Å². The van der Waals surface area contributed by atoms with Crippen molar-refractivity contribution in [3.63, 3.8) is 0 Å². The molecule has 0 saturated carbocycles. The Labute approximate surface area is 439 Å². The van der Waals surface area contributed by atoms with Gasteiger partial charge in [-0.25, -0.2) is 0 Å². The van der Waals surface area contributed by atoms with E-state index in [2.05, 4.69) is 276 Å². The van der Waals surface area contributed by atoms with Crippen molar-refractivity contribution in [2.45, 2.75) is 10.8 Å². The Morgan fingerprint density at radius 1 is 0.197 bits per heavy atom. The van der Waals surface area contributed by atoms with Gasteiger partial charge in [-0.05, 0) is 161 Å². The van der Waals surface area contributed by atoms with Crippen LogP contribution in [0.25, 0.3) is 111 Å². The molecule has 0 bridgehead atoms. The normalized spacial score (nSPS) is 14.3. The molecule has 12 aromatic carbocycles. The van der Waals surface area contributed by atoms with E-state index < -0.39 is 10.8 Å². The third kappa shape index (κ3) is 4.85. The Kier molecular flexibility index (Phi) is 7.77. The number of aromatic nitrogens is 2. The fourth-order valence-electron chi connectivity index (χ4n) is 15.3. The first-order chi connectivity index (χ1) is 37.7. The van der Waals surface area contributed by atoms with Crippen molar-refractivity contribution >= 4 is 43.6 Å². The molecule has 14 aromatic rings. The van der Waals surface area contributed by atoms with Crippen molar-refractivity contribution in [3.05, 3.63) is 311 Å². The molecule has 0 saturated heterocycles. The van der Waals surface area contributed by atoms with Crippen LogP contribution in [0.15, 0.2) is 267 Å². The van der Waals surface area contributed by atoms with E-state index in [4.69, 9.17) is 0 Å². The largest absolute Gasteiger partial charge is 0.309 e. The van der Waals surface area contributed by atoms with E-state index in [0.717, 1.165) is 0 Å². The molecule has 2 nitrogen and oxygen atoms in total. The predicted molar refractivity (Wildman–Crippen MR) is 313 cm³/mol. The van der Waals surface area contributed by atoms with Crippen LogP contribution < -0.4 is 0 Å². The molecule has 0 fully saturated rings. The summed E-state index contributed by atoms with van der Waals surface area (Å²) < 4.78 is 4.99. The van der Waals surface area contributed by atoms with Crippen molar-refractivity contribution in [3.8, 4) is 67.0 Å². The maximum Gasteiger partial charge on any atom is 0.0726 e. The van der Waals surface area contributed by atoms with Crippen LogP contribution in [-0.4, -0.2) is 9.13 Å². The Balaban J connectivity index is 0.796. The molecule has 0 aliphatic heterocycles. The van der Waals surface area contributed by atoms with E-state index in [1.165, 1.54) is 155 Å². The van der Waals surface area contributed by atoms with E-state index in [9.17, 15) is 0 Å². The summed E-state index contributed by atoms with van der Waals surface area (Å²) in [6.45, 7) is 0. The lowest BCUT2D eigenvalue weighted by Crippen LogP contribution is -2.26. The maximum absolute atomic E-state index is 2.50. The summed E-state index contributed by atoms with van der Waals surface area (Å²) in [5, 5.41) is 4.98. The molecular weight excluding hydrogens is 917 g/mol. The first-order valence-corrected chi connectivity index (χ1v) is 26.7. The second-order valence-corrected chi connectivity index (χ2v) is 21.4. The lowest BCUT2D eigenvalue weighted by molar-refractivity contribution is 0.792. The van der Waals surface area contributed by atoms with E-state index in [1.807, 2.05) is 0 Å². The molecule has 2 spiro atoms.